The number of carbonyl (C=O) groups is 1. The van der Waals surface area contributed by atoms with Crippen LogP contribution >= 0.6 is 7.82 Å². The van der Waals surface area contributed by atoms with Crippen LogP contribution in [0.2, 0.25) is 0 Å². The van der Waals surface area contributed by atoms with Crippen LogP contribution in [0.4, 0.5) is 0 Å². The Labute approximate surface area is 386 Å². The Bertz CT molecular complexity index is 1020. The van der Waals surface area contributed by atoms with Crippen LogP contribution in [0.5, 0.6) is 0 Å². The van der Waals surface area contributed by atoms with Gasteiger partial charge in [0.1, 0.15) is 13.2 Å². The minimum atomic E-state index is -4.31. The van der Waals surface area contributed by atoms with Crippen molar-refractivity contribution in [3.63, 3.8) is 0 Å². The smallest absolute Gasteiger partial charge is 0.391 e. The van der Waals surface area contributed by atoms with E-state index in [4.69, 9.17) is 9.05 Å². The molecule has 0 heterocycles. The molecule has 3 atom stereocenters. The highest BCUT2D eigenvalue weighted by atomic mass is 31.2. The van der Waals surface area contributed by atoms with E-state index in [0.29, 0.717) is 23.9 Å². The van der Waals surface area contributed by atoms with Gasteiger partial charge in [-0.1, -0.05) is 244 Å². The lowest BCUT2D eigenvalue weighted by molar-refractivity contribution is -0.870. The number of aliphatic hydroxyl groups is 1. The predicted octanol–water partition coefficient (Wildman–Crippen LogP) is 15.9. The van der Waals surface area contributed by atoms with E-state index >= 15 is 0 Å². The highest BCUT2D eigenvalue weighted by Crippen LogP contribution is 2.43. The van der Waals surface area contributed by atoms with Crippen LogP contribution in [0.15, 0.2) is 12.2 Å². The molecule has 0 aromatic carbocycles. The number of nitrogens with zero attached hydrogens (tertiary/aromatic N) is 1. The summed E-state index contributed by atoms with van der Waals surface area (Å²) in [6.07, 6.45) is 54.2. The zero-order valence-electron chi connectivity index (χ0n) is 42.1. The average molecular weight is 900 g/mol. The highest BCUT2D eigenvalue weighted by molar-refractivity contribution is 7.47. The molecule has 370 valence electrons. The first-order valence-electron chi connectivity index (χ1n) is 27.1. The van der Waals surface area contributed by atoms with E-state index in [9.17, 15) is 19.4 Å². The maximum Gasteiger partial charge on any atom is 0.472 e. The molecule has 0 spiro atoms. The molecule has 3 unspecified atom stereocenters. The van der Waals surface area contributed by atoms with Crippen LogP contribution < -0.4 is 5.32 Å². The number of allylic oxidation sites excluding steroid dienone is 2. The van der Waals surface area contributed by atoms with E-state index in [0.717, 1.165) is 51.4 Å². The van der Waals surface area contributed by atoms with Crippen molar-refractivity contribution in [3.8, 4) is 0 Å². The molecule has 0 aromatic rings. The van der Waals surface area contributed by atoms with E-state index in [1.807, 2.05) is 21.1 Å². The fourth-order valence-electron chi connectivity index (χ4n) is 8.21. The molecule has 3 N–H and O–H groups in total. The molecule has 0 aliphatic heterocycles. The first-order valence-corrected chi connectivity index (χ1v) is 28.5. The lowest BCUT2D eigenvalue weighted by Crippen LogP contribution is -2.46. The van der Waals surface area contributed by atoms with Crippen molar-refractivity contribution in [2.45, 2.75) is 283 Å². The minimum Gasteiger partial charge on any atom is -0.391 e. The first-order chi connectivity index (χ1) is 30.0. The molecular weight excluding hydrogens is 792 g/mol. The number of likely N-dealkylation sites (N-methyl/N-ethyl adjacent to an activating group) is 1. The van der Waals surface area contributed by atoms with Crippen molar-refractivity contribution in [2.75, 3.05) is 40.9 Å². The molecule has 8 nitrogen and oxygen atoms in total. The Morgan fingerprint density at radius 3 is 1.29 bits per heavy atom. The van der Waals surface area contributed by atoms with E-state index in [-0.39, 0.29) is 19.1 Å². The van der Waals surface area contributed by atoms with Crippen LogP contribution in [0, 0.1) is 0 Å². The molecule has 0 aromatic heterocycles. The fraction of sp³-hybridized carbons (Fsp3) is 0.943. The SMILES string of the molecule is CCCC/C=C\CCCCCCCC(=O)NC(COP(=O)(O)OCC[N+](C)(C)C)C(O)CCCCCCCCCCCCCCCCCCCCCCCCCCCCCCC. The normalized spacial score (nSPS) is 14.1. The van der Waals surface area contributed by atoms with Gasteiger partial charge in [-0.2, -0.15) is 0 Å². The van der Waals surface area contributed by atoms with Gasteiger partial charge >= 0.3 is 7.82 Å². The number of carbonyl (C=O) groups excluding carboxylic acids is 1. The van der Waals surface area contributed by atoms with Gasteiger partial charge in [-0.25, -0.2) is 4.57 Å². The summed E-state index contributed by atoms with van der Waals surface area (Å²) in [7, 11) is 1.62. The lowest BCUT2D eigenvalue weighted by atomic mass is 10.0. The Morgan fingerprint density at radius 2 is 0.887 bits per heavy atom. The van der Waals surface area contributed by atoms with Gasteiger partial charge in [-0.3, -0.25) is 13.8 Å². The molecule has 0 aliphatic rings. The summed E-state index contributed by atoms with van der Waals surface area (Å²) in [5.74, 6) is -0.152. The van der Waals surface area contributed by atoms with Crippen molar-refractivity contribution in [1.82, 2.24) is 5.32 Å². The molecule has 0 aliphatic carbocycles. The van der Waals surface area contributed by atoms with Crippen LogP contribution in [-0.4, -0.2) is 73.4 Å². The van der Waals surface area contributed by atoms with E-state index in [1.165, 1.54) is 193 Å². The molecule has 0 saturated carbocycles. The van der Waals surface area contributed by atoms with Gasteiger partial charge in [0.15, 0.2) is 0 Å². The van der Waals surface area contributed by atoms with E-state index < -0.39 is 20.0 Å². The summed E-state index contributed by atoms with van der Waals surface area (Å²) in [6.45, 7) is 4.87. The molecular formula is C53H108N2O6P+. The Balaban J connectivity index is 4.01. The summed E-state index contributed by atoms with van der Waals surface area (Å²) in [5.41, 5.74) is 0. The van der Waals surface area contributed by atoms with Crippen LogP contribution in [0.25, 0.3) is 0 Å². The quantitative estimate of drug-likeness (QED) is 0.0243. The average Bonchev–Trinajstić information content (AvgIpc) is 3.23. The van der Waals surface area contributed by atoms with Crippen LogP contribution in [0.3, 0.4) is 0 Å². The van der Waals surface area contributed by atoms with Gasteiger partial charge < -0.3 is 19.8 Å². The van der Waals surface area contributed by atoms with Crippen molar-refractivity contribution >= 4 is 13.7 Å². The number of phosphoric ester groups is 1. The molecule has 0 rings (SSSR count). The summed E-state index contributed by atoms with van der Waals surface area (Å²) in [4.78, 5) is 23.2. The minimum absolute atomic E-state index is 0.0751. The number of quaternary nitrogens is 1. The molecule has 0 saturated heterocycles. The summed E-state index contributed by atoms with van der Waals surface area (Å²) < 4.78 is 23.7. The van der Waals surface area contributed by atoms with Crippen molar-refractivity contribution in [1.29, 1.82) is 0 Å². The van der Waals surface area contributed by atoms with Crippen LogP contribution in [-0.2, 0) is 18.4 Å². The molecule has 0 fully saturated rings. The third-order valence-corrected chi connectivity index (χ3v) is 13.5. The molecule has 1 amide bonds. The summed E-state index contributed by atoms with van der Waals surface area (Å²) in [5, 5.41) is 14.0. The molecule has 9 heteroatoms. The van der Waals surface area contributed by atoms with Gasteiger partial charge in [0.2, 0.25) is 5.91 Å². The summed E-state index contributed by atoms with van der Waals surface area (Å²) in [6, 6.07) is -0.761. The Hall–Kier alpha value is -0.760. The highest BCUT2D eigenvalue weighted by Gasteiger charge is 2.28. The maximum atomic E-state index is 12.9. The molecule has 0 bridgehead atoms. The number of phosphoric acid groups is 1. The van der Waals surface area contributed by atoms with Crippen molar-refractivity contribution < 1.29 is 32.9 Å². The number of amides is 1. The lowest BCUT2D eigenvalue weighted by Gasteiger charge is -2.26. The van der Waals surface area contributed by atoms with Gasteiger partial charge in [-0.15, -0.1) is 0 Å². The third-order valence-electron chi connectivity index (χ3n) is 12.5. The second kappa shape index (κ2) is 45.4. The zero-order valence-corrected chi connectivity index (χ0v) is 43.0. The number of nitrogens with one attached hydrogen (secondary N) is 1. The molecule has 62 heavy (non-hydrogen) atoms. The topological polar surface area (TPSA) is 105 Å². The number of hydrogen-bond acceptors (Lipinski definition) is 5. The number of unbranched alkanes of at least 4 members (excludes halogenated alkanes) is 35. The van der Waals surface area contributed by atoms with Gasteiger partial charge in [0, 0.05) is 6.42 Å². The second-order valence-electron chi connectivity index (χ2n) is 20.0. The Morgan fingerprint density at radius 1 is 0.532 bits per heavy atom. The van der Waals surface area contributed by atoms with E-state index in [2.05, 4.69) is 31.3 Å². The number of hydrogen-bond donors (Lipinski definition) is 3. The summed E-state index contributed by atoms with van der Waals surface area (Å²) >= 11 is 0. The van der Waals surface area contributed by atoms with Gasteiger partial charge in [-0.05, 0) is 32.1 Å². The van der Waals surface area contributed by atoms with Crippen molar-refractivity contribution in [2.24, 2.45) is 0 Å². The van der Waals surface area contributed by atoms with Gasteiger partial charge in [0.25, 0.3) is 0 Å². The first kappa shape index (κ1) is 61.2. The monoisotopic (exact) mass is 900 g/mol. The predicted molar refractivity (Wildman–Crippen MR) is 268 cm³/mol. The zero-order chi connectivity index (χ0) is 45.7. The van der Waals surface area contributed by atoms with E-state index in [1.54, 1.807) is 0 Å². The molecule has 0 radical (unpaired) electrons. The van der Waals surface area contributed by atoms with Gasteiger partial charge in [0.05, 0.1) is 39.9 Å². The number of aliphatic hydroxyl groups excluding tert-OH is 1. The maximum absolute atomic E-state index is 12.9. The van der Waals surface area contributed by atoms with Crippen LogP contribution in [0.1, 0.15) is 271 Å². The second-order valence-corrected chi connectivity index (χ2v) is 21.4. The van der Waals surface area contributed by atoms with Crippen molar-refractivity contribution in [3.05, 3.63) is 12.2 Å². The third kappa shape index (κ3) is 47.2. The largest absolute Gasteiger partial charge is 0.472 e. The number of rotatable bonds is 50. The Kier molecular flexibility index (Phi) is 44.8. The fourth-order valence-corrected chi connectivity index (χ4v) is 8.94. The standard InChI is InChI=1S/C53H107N2O6P/c1-6-8-10-12-14-16-18-19-20-21-22-23-24-25-26-27-28-29-30-31-32-33-34-35-37-38-40-42-44-46-52(56)51(50-61-62(58,59)60-49-48-55(3,4)5)54-53(57)47-45-43-41-39-36-17-15-13-11-9-7-2/h13,15,51-52,56H,6-12,14,16-50H2,1-5H3,(H-,54,57,58,59)/p+1/b15-13-.